The van der Waals surface area contributed by atoms with E-state index < -0.39 is 0 Å². The van der Waals surface area contributed by atoms with Crippen molar-refractivity contribution in [3.63, 3.8) is 0 Å². The second-order valence-electron chi connectivity index (χ2n) is 3.53. The molecule has 0 aromatic heterocycles. The van der Waals surface area contributed by atoms with Gasteiger partial charge in [0.15, 0.2) is 0 Å². The van der Waals surface area contributed by atoms with Crippen LogP contribution >= 0.6 is 0 Å². The zero-order chi connectivity index (χ0) is 12.8. The van der Waals surface area contributed by atoms with E-state index in [1.165, 1.54) is 4.90 Å². The molecule has 0 fully saturated rings. The smallest absolute Gasteiger partial charge is 0.233 e. The summed E-state index contributed by atoms with van der Waals surface area (Å²) >= 11 is 0. The number of anilines is 1. The Balaban J connectivity index is 3.12. The molecule has 0 spiro atoms. The first-order chi connectivity index (χ1) is 8.13. The van der Waals surface area contributed by atoms with Crippen molar-refractivity contribution in [1.82, 2.24) is 0 Å². The average molecular weight is 235 g/mol. The molecule has 0 aliphatic carbocycles. The van der Waals surface area contributed by atoms with Gasteiger partial charge in [0.1, 0.15) is 5.75 Å². The van der Waals surface area contributed by atoms with Gasteiger partial charge in [0.2, 0.25) is 11.8 Å². The van der Waals surface area contributed by atoms with Crippen LogP contribution in [0, 0.1) is 0 Å². The highest BCUT2D eigenvalue weighted by Gasteiger charge is 2.20. The van der Waals surface area contributed by atoms with Gasteiger partial charge in [-0.15, -0.1) is 0 Å². The molecular formula is C13H17NO3. The van der Waals surface area contributed by atoms with E-state index >= 15 is 0 Å². The molecule has 1 aromatic rings. The Hall–Kier alpha value is -1.84. The van der Waals surface area contributed by atoms with Crippen molar-refractivity contribution in [2.24, 2.45) is 0 Å². The lowest BCUT2D eigenvalue weighted by Crippen LogP contribution is -2.35. The third kappa shape index (κ3) is 3.06. The number of hydrogen-bond donors (Lipinski definition) is 0. The summed E-state index contributed by atoms with van der Waals surface area (Å²) in [6.45, 7) is 3.47. The number of methoxy groups -OCH3 is 1. The van der Waals surface area contributed by atoms with E-state index in [1.54, 1.807) is 45.2 Å². The summed E-state index contributed by atoms with van der Waals surface area (Å²) in [5.41, 5.74) is 0.558. The minimum absolute atomic E-state index is 0.204. The van der Waals surface area contributed by atoms with Crippen LogP contribution in [0.25, 0.3) is 0 Å². The quantitative estimate of drug-likeness (QED) is 0.805. The Morgan fingerprint density at radius 3 is 2.24 bits per heavy atom. The van der Waals surface area contributed by atoms with Gasteiger partial charge < -0.3 is 4.74 Å². The predicted octanol–water partition coefficient (Wildman–Crippen LogP) is 2.37. The SMILES string of the molecule is CCC(=O)N(C(=O)CC)c1cccc(OC)c1. The van der Waals surface area contributed by atoms with Gasteiger partial charge in [-0.25, -0.2) is 0 Å². The standard InChI is InChI=1S/C13H17NO3/c1-4-12(15)14(13(16)5-2)10-7-6-8-11(9-10)17-3/h6-9H,4-5H2,1-3H3. The molecular weight excluding hydrogens is 218 g/mol. The van der Waals surface area contributed by atoms with Crippen molar-refractivity contribution >= 4 is 17.5 Å². The summed E-state index contributed by atoms with van der Waals surface area (Å²) in [7, 11) is 1.55. The summed E-state index contributed by atoms with van der Waals surface area (Å²) in [6, 6.07) is 6.94. The maximum atomic E-state index is 11.8. The van der Waals surface area contributed by atoms with Crippen molar-refractivity contribution in [1.29, 1.82) is 0 Å². The summed E-state index contributed by atoms with van der Waals surface area (Å²) in [4.78, 5) is 24.8. The summed E-state index contributed by atoms with van der Waals surface area (Å²) in [5, 5.41) is 0. The maximum Gasteiger partial charge on any atom is 0.233 e. The monoisotopic (exact) mass is 235 g/mol. The van der Waals surface area contributed by atoms with E-state index in [-0.39, 0.29) is 11.8 Å². The van der Waals surface area contributed by atoms with Crippen LogP contribution in [-0.2, 0) is 9.59 Å². The van der Waals surface area contributed by atoms with Gasteiger partial charge in [0.25, 0.3) is 0 Å². The number of hydrogen-bond acceptors (Lipinski definition) is 3. The topological polar surface area (TPSA) is 46.6 Å². The number of carbonyl (C=O) groups excluding carboxylic acids is 2. The molecule has 0 saturated heterocycles. The van der Waals surface area contributed by atoms with Crippen LogP contribution in [0.15, 0.2) is 24.3 Å². The Morgan fingerprint density at radius 1 is 1.18 bits per heavy atom. The number of rotatable bonds is 4. The van der Waals surface area contributed by atoms with Crippen LogP contribution in [-0.4, -0.2) is 18.9 Å². The Kier molecular flexibility index (Phi) is 4.69. The first-order valence-electron chi connectivity index (χ1n) is 5.63. The zero-order valence-corrected chi connectivity index (χ0v) is 10.4. The van der Waals surface area contributed by atoms with Crippen molar-refractivity contribution in [2.75, 3.05) is 12.0 Å². The first-order valence-corrected chi connectivity index (χ1v) is 5.63. The van der Waals surface area contributed by atoms with Crippen LogP contribution in [0.4, 0.5) is 5.69 Å². The van der Waals surface area contributed by atoms with E-state index in [2.05, 4.69) is 0 Å². The zero-order valence-electron chi connectivity index (χ0n) is 10.4. The van der Waals surface area contributed by atoms with E-state index in [4.69, 9.17) is 4.74 Å². The molecule has 0 saturated carbocycles. The lowest BCUT2D eigenvalue weighted by atomic mass is 10.2. The van der Waals surface area contributed by atoms with Crippen molar-refractivity contribution in [2.45, 2.75) is 26.7 Å². The summed E-state index contributed by atoms with van der Waals surface area (Å²) in [5.74, 6) is 0.218. The molecule has 17 heavy (non-hydrogen) atoms. The highest BCUT2D eigenvalue weighted by atomic mass is 16.5. The van der Waals surface area contributed by atoms with Crippen LogP contribution in [0.5, 0.6) is 5.75 Å². The Bertz CT molecular complexity index is 399. The number of ether oxygens (including phenoxy) is 1. The molecule has 0 N–H and O–H groups in total. The van der Waals surface area contributed by atoms with Gasteiger partial charge in [-0.05, 0) is 12.1 Å². The normalized spacial score (nSPS) is 9.82. The minimum Gasteiger partial charge on any atom is -0.497 e. The number of imide groups is 1. The van der Waals surface area contributed by atoms with E-state index in [9.17, 15) is 9.59 Å². The summed E-state index contributed by atoms with van der Waals surface area (Å²) in [6.07, 6.45) is 0.589. The lowest BCUT2D eigenvalue weighted by Gasteiger charge is -2.20. The molecule has 0 heterocycles. The third-order valence-electron chi connectivity index (χ3n) is 2.42. The highest BCUT2D eigenvalue weighted by Crippen LogP contribution is 2.22. The van der Waals surface area contributed by atoms with Crippen LogP contribution in [0.2, 0.25) is 0 Å². The van der Waals surface area contributed by atoms with Gasteiger partial charge in [-0.3, -0.25) is 14.5 Å². The maximum absolute atomic E-state index is 11.8. The highest BCUT2D eigenvalue weighted by molar-refractivity contribution is 6.14. The fourth-order valence-corrected chi connectivity index (χ4v) is 1.49. The number of benzene rings is 1. The third-order valence-corrected chi connectivity index (χ3v) is 2.42. The Morgan fingerprint density at radius 2 is 1.76 bits per heavy atom. The van der Waals surface area contributed by atoms with Gasteiger partial charge in [-0.1, -0.05) is 19.9 Å². The molecule has 92 valence electrons. The number of amides is 2. The van der Waals surface area contributed by atoms with E-state index in [1.807, 2.05) is 0 Å². The molecule has 2 amide bonds. The van der Waals surface area contributed by atoms with Crippen molar-refractivity contribution in [3.05, 3.63) is 24.3 Å². The second kappa shape index (κ2) is 6.03. The van der Waals surface area contributed by atoms with Gasteiger partial charge in [0, 0.05) is 18.9 Å². The number of nitrogens with zero attached hydrogens (tertiary/aromatic N) is 1. The largest absolute Gasteiger partial charge is 0.497 e. The lowest BCUT2D eigenvalue weighted by molar-refractivity contribution is -0.126. The molecule has 0 atom stereocenters. The fourth-order valence-electron chi connectivity index (χ4n) is 1.49. The molecule has 1 aromatic carbocycles. The first kappa shape index (κ1) is 13.2. The molecule has 0 radical (unpaired) electrons. The van der Waals surface area contributed by atoms with Crippen molar-refractivity contribution < 1.29 is 14.3 Å². The minimum atomic E-state index is -0.204. The van der Waals surface area contributed by atoms with Crippen LogP contribution in [0.3, 0.4) is 0 Å². The summed E-state index contributed by atoms with van der Waals surface area (Å²) < 4.78 is 5.08. The molecule has 1 rings (SSSR count). The molecule has 4 nitrogen and oxygen atoms in total. The fraction of sp³-hybridized carbons (Fsp3) is 0.385. The predicted molar refractivity (Wildman–Crippen MR) is 66.1 cm³/mol. The Labute approximate surface area is 101 Å². The van der Waals surface area contributed by atoms with Crippen LogP contribution in [0.1, 0.15) is 26.7 Å². The number of carbonyl (C=O) groups is 2. The van der Waals surface area contributed by atoms with Gasteiger partial charge >= 0.3 is 0 Å². The molecule has 0 aliphatic heterocycles. The van der Waals surface area contributed by atoms with Crippen LogP contribution < -0.4 is 9.64 Å². The average Bonchev–Trinajstić information content (AvgIpc) is 2.38. The molecule has 0 aliphatic rings. The molecule has 0 bridgehead atoms. The van der Waals surface area contributed by atoms with Gasteiger partial charge in [-0.2, -0.15) is 0 Å². The van der Waals surface area contributed by atoms with Crippen molar-refractivity contribution in [3.8, 4) is 5.75 Å². The molecule has 0 unspecified atom stereocenters. The second-order valence-corrected chi connectivity index (χ2v) is 3.53. The molecule has 4 heteroatoms. The van der Waals surface area contributed by atoms with E-state index in [0.29, 0.717) is 24.3 Å². The van der Waals surface area contributed by atoms with Gasteiger partial charge in [0.05, 0.1) is 12.8 Å². The van der Waals surface area contributed by atoms with E-state index in [0.717, 1.165) is 0 Å².